The lowest BCUT2D eigenvalue weighted by atomic mass is 9.98. The Balaban J connectivity index is 1.99. The highest BCUT2D eigenvalue weighted by atomic mass is 16.7. The van der Waals surface area contributed by atoms with Crippen LogP contribution in [0, 0.1) is 0 Å². The van der Waals surface area contributed by atoms with Crippen molar-refractivity contribution in [3.63, 3.8) is 0 Å². The second-order valence-electron chi connectivity index (χ2n) is 3.63. The first-order valence-electron chi connectivity index (χ1n) is 5.55. The first-order chi connectivity index (χ1) is 7.40. The number of rotatable bonds is 3. The highest BCUT2D eigenvalue weighted by Crippen LogP contribution is 2.21. The number of allylic oxidation sites excluding steroid dienone is 6. The SMILES string of the molecule is CCON1C=CC(C2=CCCC=C2)=CC1. The van der Waals surface area contributed by atoms with Crippen molar-refractivity contribution in [1.82, 2.24) is 5.06 Å². The zero-order valence-corrected chi connectivity index (χ0v) is 9.15. The summed E-state index contributed by atoms with van der Waals surface area (Å²) >= 11 is 0. The second-order valence-corrected chi connectivity index (χ2v) is 3.63. The van der Waals surface area contributed by atoms with Gasteiger partial charge in [0.15, 0.2) is 0 Å². The van der Waals surface area contributed by atoms with Gasteiger partial charge in [0.25, 0.3) is 0 Å². The van der Waals surface area contributed by atoms with Crippen LogP contribution in [0.1, 0.15) is 19.8 Å². The third kappa shape index (κ3) is 2.60. The van der Waals surface area contributed by atoms with E-state index in [9.17, 15) is 0 Å². The van der Waals surface area contributed by atoms with Crippen molar-refractivity contribution in [3.05, 3.63) is 47.7 Å². The number of nitrogens with zero attached hydrogens (tertiary/aromatic N) is 1. The van der Waals surface area contributed by atoms with E-state index in [4.69, 9.17) is 4.84 Å². The van der Waals surface area contributed by atoms with Gasteiger partial charge in [0.1, 0.15) is 0 Å². The third-order valence-electron chi connectivity index (χ3n) is 2.53. The maximum Gasteiger partial charge on any atom is 0.0720 e. The van der Waals surface area contributed by atoms with E-state index in [1.165, 1.54) is 17.6 Å². The van der Waals surface area contributed by atoms with Crippen molar-refractivity contribution in [2.75, 3.05) is 13.2 Å². The van der Waals surface area contributed by atoms with Crippen molar-refractivity contribution in [3.8, 4) is 0 Å². The molecule has 0 amide bonds. The quantitative estimate of drug-likeness (QED) is 0.699. The molecule has 1 heterocycles. The minimum Gasteiger partial charge on any atom is -0.274 e. The van der Waals surface area contributed by atoms with Gasteiger partial charge in [-0.15, -0.1) is 0 Å². The Morgan fingerprint density at radius 2 is 2.07 bits per heavy atom. The molecule has 0 N–H and O–H groups in total. The fraction of sp³-hybridized carbons (Fsp3) is 0.385. The summed E-state index contributed by atoms with van der Waals surface area (Å²) in [5.74, 6) is 0. The number of hydroxylamine groups is 2. The minimum absolute atomic E-state index is 0.718. The van der Waals surface area contributed by atoms with Crippen LogP contribution in [0.25, 0.3) is 0 Å². The smallest absolute Gasteiger partial charge is 0.0720 e. The fourth-order valence-corrected chi connectivity index (χ4v) is 1.78. The summed E-state index contributed by atoms with van der Waals surface area (Å²) in [4.78, 5) is 5.38. The zero-order chi connectivity index (χ0) is 10.5. The highest BCUT2D eigenvalue weighted by molar-refractivity contribution is 5.48. The van der Waals surface area contributed by atoms with Crippen LogP contribution in [0.5, 0.6) is 0 Å². The Morgan fingerprint density at radius 1 is 1.20 bits per heavy atom. The molecule has 0 aromatic rings. The molecule has 0 fully saturated rings. The molecule has 2 heteroatoms. The van der Waals surface area contributed by atoms with Crippen LogP contribution >= 0.6 is 0 Å². The molecule has 0 aromatic heterocycles. The summed E-state index contributed by atoms with van der Waals surface area (Å²) in [6, 6.07) is 0. The zero-order valence-electron chi connectivity index (χ0n) is 9.15. The van der Waals surface area contributed by atoms with E-state index in [1.807, 2.05) is 18.2 Å². The van der Waals surface area contributed by atoms with Crippen molar-refractivity contribution >= 4 is 0 Å². The molecule has 0 unspecified atom stereocenters. The number of hydrogen-bond acceptors (Lipinski definition) is 2. The van der Waals surface area contributed by atoms with E-state index >= 15 is 0 Å². The average molecular weight is 203 g/mol. The largest absolute Gasteiger partial charge is 0.274 e. The van der Waals surface area contributed by atoms with Crippen LogP contribution in [0.2, 0.25) is 0 Å². The Morgan fingerprint density at radius 3 is 2.67 bits per heavy atom. The summed E-state index contributed by atoms with van der Waals surface area (Å²) in [6.07, 6.45) is 15.4. The van der Waals surface area contributed by atoms with Crippen molar-refractivity contribution in [1.29, 1.82) is 0 Å². The van der Waals surface area contributed by atoms with E-state index in [-0.39, 0.29) is 0 Å². The fourth-order valence-electron chi connectivity index (χ4n) is 1.78. The monoisotopic (exact) mass is 203 g/mol. The summed E-state index contributed by atoms with van der Waals surface area (Å²) in [5, 5.41) is 1.86. The van der Waals surface area contributed by atoms with Crippen LogP contribution in [0.4, 0.5) is 0 Å². The molecular formula is C13H17NO. The van der Waals surface area contributed by atoms with Gasteiger partial charge in [-0.2, -0.15) is 0 Å². The molecule has 0 radical (unpaired) electrons. The molecule has 2 rings (SSSR count). The summed E-state index contributed by atoms with van der Waals surface area (Å²) in [5.41, 5.74) is 2.65. The van der Waals surface area contributed by atoms with Crippen molar-refractivity contribution in [2.24, 2.45) is 0 Å². The molecular weight excluding hydrogens is 186 g/mol. The van der Waals surface area contributed by atoms with E-state index in [2.05, 4.69) is 30.4 Å². The van der Waals surface area contributed by atoms with Gasteiger partial charge in [-0.3, -0.25) is 9.90 Å². The van der Waals surface area contributed by atoms with Gasteiger partial charge >= 0.3 is 0 Å². The van der Waals surface area contributed by atoms with Gasteiger partial charge in [0.2, 0.25) is 0 Å². The molecule has 0 atom stereocenters. The lowest BCUT2D eigenvalue weighted by Crippen LogP contribution is -2.20. The van der Waals surface area contributed by atoms with E-state index in [0.29, 0.717) is 0 Å². The van der Waals surface area contributed by atoms with Gasteiger partial charge in [0.05, 0.1) is 13.2 Å². The van der Waals surface area contributed by atoms with Crippen LogP contribution in [-0.4, -0.2) is 18.2 Å². The van der Waals surface area contributed by atoms with Gasteiger partial charge in [0, 0.05) is 6.20 Å². The summed E-state index contributed by atoms with van der Waals surface area (Å²) < 4.78 is 0. The van der Waals surface area contributed by atoms with Crippen LogP contribution in [-0.2, 0) is 4.84 Å². The third-order valence-corrected chi connectivity index (χ3v) is 2.53. The van der Waals surface area contributed by atoms with Crippen LogP contribution in [0.3, 0.4) is 0 Å². The first kappa shape index (κ1) is 10.2. The van der Waals surface area contributed by atoms with E-state index in [1.54, 1.807) is 0 Å². The van der Waals surface area contributed by atoms with Gasteiger partial charge in [-0.05, 0) is 37.0 Å². The van der Waals surface area contributed by atoms with Crippen molar-refractivity contribution < 1.29 is 4.84 Å². The van der Waals surface area contributed by atoms with Crippen LogP contribution in [0.15, 0.2) is 47.7 Å². The maximum atomic E-state index is 5.38. The Labute approximate surface area is 91.2 Å². The minimum atomic E-state index is 0.718. The molecule has 2 aliphatic rings. The van der Waals surface area contributed by atoms with Gasteiger partial charge in [-0.1, -0.05) is 24.3 Å². The molecule has 80 valence electrons. The Kier molecular flexibility index (Phi) is 3.41. The average Bonchev–Trinajstić information content (AvgIpc) is 2.32. The Bertz CT molecular complexity index is 336. The van der Waals surface area contributed by atoms with E-state index in [0.717, 1.165) is 19.6 Å². The van der Waals surface area contributed by atoms with E-state index < -0.39 is 0 Å². The molecule has 15 heavy (non-hydrogen) atoms. The van der Waals surface area contributed by atoms with Crippen molar-refractivity contribution in [2.45, 2.75) is 19.8 Å². The Hall–Kier alpha value is -1.28. The molecule has 0 bridgehead atoms. The summed E-state index contributed by atoms with van der Waals surface area (Å²) in [7, 11) is 0. The van der Waals surface area contributed by atoms with Gasteiger partial charge in [-0.25, -0.2) is 0 Å². The molecule has 0 aromatic carbocycles. The topological polar surface area (TPSA) is 12.5 Å². The van der Waals surface area contributed by atoms with Crippen LogP contribution < -0.4 is 0 Å². The maximum absolute atomic E-state index is 5.38. The lowest BCUT2D eigenvalue weighted by molar-refractivity contribution is -0.107. The molecule has 2 nitrogen and oxygen atoms in total. The highest BCUT2D eigenvalue weighted by Gasteiger charge is 2.07. The molecule has 0 spiro atoms. The molecule has 1 aliphatic heterocycles. The predicted octanol–water partition coefficient (Wildman–Crippen LogP) is 2.97. The second kappa shape index (κ2) is 4.99. The standard InChI is InChI=1S/C13H17NO/c1-2-15-14-10-8-13(9-11-14)12-6-4-3-5-7-12/h4,6-10H,2-3,5,11H2,1H3. The molecule has 0 saturated heterocycles. The first-order valence-corrected chi connectivity index (χ1v) is 5.55. The normalized spacial score (nSPS) is 20.2. The predicted molar refractivity (Wildman–Crippen MR) is 62.0 cm³/mol. The molecule has 1 aliphatic carbocycles. The van der Waals surface area contributed by atoms with Gasteiger partial charge < -0.3 is 0 Å². The lowest BCUT2D eigenvalue weighted by Gasteiger charge is -2.21. The summed E-state index contributed by atoms with van der Waals surface area (Å²) in [6.45, 7) is 3.56. The number of hydrogen-bond donors (Lipinski definition) is 0. The molecule has 0 saturated carbocycles.